The number of hydrogen-bond donors (Lipinski definition) is 2. The van der Waals surface area contributed by atoms with Gasteiger partial charge in [-0.05, 0) is 29.7 Å². The van der Waals surface area contributed by atoms with E-state index in [0.29, 0.717) is 35.6 Å². The third kappa shape index (κ3) is 3.58. The van der Waals surface area contributed by atoms with Crippen molar-refractivity contribution in [3.63, 3.8) is 0 Å². The molecule has 0 saturated carbocycles. The number of H-pyrrole nitrogens is 1. The van der Waals surface area contributed by atoms with Gasteiger partial charge < -0.3 is 14.8 Å². The molecule has 1 atom stereocenters. The number of hydrogen-bond acceptors (Lipinski definition) is 6. The van der Waals surface area contributed by atoms with Gasteiger partial charge in [0.1, 0.15) is 13.2 Å². The van der Waals surface area contributed by atoms with E-state index in [1.807, 2.05) is 32.0 Å². The van der Waals surface area contributed by atoms with Crippen molar-refractivity contribution < 1.29 is 19.2 Å². The second kappa shape index (κ2) is 7.42. The lowest BCUT2D eigenvalue weighted by atomic mass is 9.95. The number of carbonyl (C=O) groups is 1. The Hall–Kier alpha value is -3.62. The Bertz CT molecular complexity index is 1090. The van der Waals surface area contributed by atoms with Gasteiger partial charge in [0.25, 0.3) is 11.6 Å². The van der Waals surface area contributed by atoms with Crippen LogP contribution in [0, 0.1) is 16.0 Å². The highest BCUT2D eigenvalue weighted by Crippen LogP contribution is 2.34. The summed E-state index contributed by atoms with van der Waals surface area (Å²) < 4.78 is 11.2. The zero-order valence-corrected chi connectivity index (χ0v) is 16.0. The molecular formula is C20H20N4O5. The van der Waals surface area contributed by atoms with E-state index in [2.05, 4.69) is 15.5 Å². The minimum absolute atomic E-state index is 0.0843. The Morgan fingerprint density at radius 2 is 1.93 bits per heavy atom. The standard InChI is InChI=1S/C20H20N4O5/c1-11(2)18(12-3-6-16-17(9-12)29-8-7-28-16)21-20(25)19-14-10-13(24(26)27)4-5-15(14)22-23-19/h3-6,9-11,18H,7-8H2,1-2H3,(H,21,25)(H,22,23)/t18-/m0/s1. The maximum absolute atomic E-state index is 13.0. The summed E-state index contributed by atoms with van der Waals surface area (Å²) in [7, 11) is 0. The lowest BCUT2D eigenvalue weighted by Gasteiger charge is -2.25. The largest absolute Gasteiger partial charge is 0.486 e. The zero-order valence-electron chi connectivity index (χ0n) is 16.0. The first-order valence-corrected chi connectivity index (χ1v) is 9.27. The van der Waals surface area contributed by atoms with E-state index >= 15 is 0 Å². The molecule has 0 spiro atoms. The van der Waals surface area contributed by atoms with E-state index in [9.17, 15) is 14.9 Å². The van der Waals surface area contributed by atoms with Crippen LogP contribution in [-0.4, -0.2) is 34.2 Å². The minimum atomic E-state index is -0.500. The second-order valence-corrected chi connectivity index (χ2v) is 7.16. The molecular weight excluding hydrogens is 376 g/mol. The first kappa shape index (κ1) is 18.7. The highest BCUT2D eigenvalue weighted by molar-refractivity contribution is 6.05. The molecule has 0 saturated heterocycles. The van der Waals surface area contributed by atoms with E-state index < -0.39 is 10.8 Å². The number of aromatic nitrogens is 2. The molecule has 4 rings (SSSR count). The summed E-state index contributed by atoms with van der Waals surface area (Å²) >= 11 is 0. The van der Waals surface area contributed by atoms with E-state index in [4.69, 9.17) is 9.47 Å². The van der Waals surface area contributed by atoms with Crippen molar-refractivity contribution in [1.29, 1.82) is 0 Å². The number of nitrogens with one attached hydrogen (secondary N) is 2. The molecule has 2 aromatic carbocycles. The molecule has 0 unspecified atom stereocenters. The van der Waals surface area contributed by atoms with E-state index in [1.54, 1.807) is 0 Å². The molecule has 1 aromatic heterocycles. The van der Waals surface area contributed by atoms with Crippen LogP contribution in [0.3, 0.4) is 0 Å². The number of amides is 1. The number of rotatable bonds is 5. The van der Waals surface area contributed by atoms with Crippen LogP contribution in [0.4, 0.5) is 5.69 Å². The number of non-ortho nitro benzene ring substituents is 1. The predicted molar refractivity (Wildman–Crippen MR) is 105 cm³/mol. The molecule has 9 heteroatoms. The molecule has 1 aliphatic heterocycles. The third-order valence-electron chi connectivity index (χ3n) is 4.85. The number of ether oxygens (including phenoxy) is 2. The Labute approximate surface area is 166 Å². The van der Waals surface area contributed by atoms with Crippen LogP contribution in [0.15, 0.2) is 36.4 Å². The smallest absolute Gasteiger partial charge is 0.272 e. The second-order valence-electron chi connectivity index (χ2n) is 7.16. The predicted octanol–water partition coefficient (Wildman–Crippen LogP) is 3.37. The van der Waals surface area contributed by atoms with Crippen LogP contribution in [0.1, 0.15) is 35.9 Å². The van der Waals surface area contributed by atoms with Gasteiger partial charge in [-0.15, -0.1) is 0 Å². The number of aromatic amines is 1. The fraction of sp³-hybridized carbons (Fsp3) is 0.300. The molecule has 2 heterocycles. The SMILES string of the molecule is CC(C)[C@H](NC(=O)c1n[nH]c2ccc([N+](=O)[O-])cc12)c1ccc2c(c1)OCCO2. The highest BCUT2D eigenvalue weighted by atomic mass is 16.6. The Morgan fingerprint density at radius 3 is 2.66 bits per heavy atom. The van der Waals surface area contributed by atoms with Crippen molar-refractivity contribution >= 4 is 22.5 Å². The summed E-state index contributed by atoms with van der Waals surface area (Å²) in [6.07, 6.45) is 0. The third-order valence-corrected chi connectivity index (χ3v) is 4.85. The lowest BCUT2D eigenvalue weighted by molar-refractivity contribution is -0.384. The Kier molecular flexibility index (Phi) is 4.79. The van der Waals surface area contributed by atoms with Crippen molar-refractivity contribution in [2.75, 3.05) is 13.2 Å². The van der Waals surface area contributed by atoms with E-state index in [1.165, 1.54) is 18.2 Å². The van der Waals surface area contributed by atoms with Crippen molar-refractivity contribution in [3.05, 3.63) is 57.8 Å². The summed E-state index contributed by atoms with van der Waals surface area (Å²) in [5.41, 5.74) is 1.46. The highest BCUT2D eigenvalue weighted by Gasteiger charge is 2.24. The van der Waals surface area contributed by atoms with Crippen LogP contribution in [-0.2, 0) is 0 Å². The molecule has 1 amide bonds. The monoisotopic (exact) mass is 396 g/mol. The maximum Gasteiger partial charge on any atom is 0.272 e. The van der Waals surface area contributed by atoms with Crippen molar-refractivity contribution in [2.24, 2.45) is 5.92 Å². The molecule has 1 aliphatic rings. The zero-order chi connectivity index (χ0) is 20.5. The van der Waals surface area contributed by atoms with Gasteiger partial charge in [0, 0.05) is 17.5 Å². The van der Waals surface area contributed by atoms with E-state index in [-0.39, 0.29) is 23.3 Å². The van der Waals surface area contributed by atoms with E-state index in [0.717, 1.165) is 5.56 Å². The topological polar surface area (TPSA) is 119 Å². The first-order chi connectivity index (χ1) is 13.9. The summed E-state index contributed by atoms with van der Waals surface area (Å²) in [5.74, 6) is 1.00. The van der Waals surface area contributed by atoms with Gasteiger partial charge in [0.15, 0.2) is 17.2 Å². The molecule has 2 N–H and O–H groups in total. The molecule has 0 fully saturated rings. The van der Waals surface area contributed by atoms with Crippen LogP contribution in [0.2, 0.25) is 0 Å². The number of fused-ring (bicyclic) bond motifs is 2. The van der Waals surface area contributed by atoms with Gasteiger partial charge in [-0.1, -0.05) is 19.9 Å². The fourth-order valence-electron chi connectivity index (χ4n) is 3.39. The maximum atomic E-state index is 13.0. The van der Waals surface area contributed by atoms with Crippen molar-refractivity contribution in [2.45, 2.75) is 19.9 Å². The molecule has 0 bridgehead atoms. The van der Waals surface area contributed by atoms with Crippen LogP contribution >= 0.6 is 0 Å². The number of nitro groups is 1. The molecule has 150 valence electrons. The number of nitro benzene ring substituents is 1. The van der Waals surface area contributed by atoms with Gasteiger partial charge in [-0.25, -0.2) is 0 Å². The average molecular weight is 396 g/mol. The molecule has 9 nitrogen and oxygen atoms in total. The van der Waals surface area contributed by atoms with Gasteiger partial charge in [-0.3, -0.25) is 20.0 Å². The first-order valence-electron chi connectivity index (χ1n) is 9.27. The van der Waals surface area contributed by atoms with Gasteiger partial charge in [0.05, 0.1) is 16.5 Å². The lowest BCUT2D eigenvalue weighted by Crippen LogP contribution is -2.32. The van der Waals surface area contributed by atoms with Crippen LogP contribution in [0.25, 0.3) is 10.9 Å². The Morgan fingerprint density at radius 1 is 1.17 bits per heavy atom. The summed E-state index contributed by atoms with van der Waals surface area (Å²) in [6.45, 7) is 4.98. The van der Waals surface area contributed by atoms with Crippen molar-refractivity contribution in [1.82, 2.24) is 15.5 Å². The van der Waals surface area contributed by atoms with Crippen molar-refractivity contribution in [3.8, 4) is 11.5 Å². The van der Waals surface area contributed by atoms with Crippen LogP contribution < -0.4 is 14.8 Å². The molecule has 29 heavy (non-hydrogen) atoms. The molecule has 0 radical (unpaired) electrons. The summed E-state index contributed by atoms with van der Waals surface area (Å²) in [5, 5.41) is 21.3. The summed E-state index contributed by atoms with van der Waals surface area (Å²) in [4.78, 5) is 23.5. The fourth-order valence-corrected chi connectivity index (χ4v) is 3.39. The summed E-state index contributed by atoms with van der Waals surface area (Å²) in [6, 6.07) is 9.55. The number of carbonyl (C=O) groups excluding carboxylic acids is 1. The van der Waals surface area contributed by atoms with Gasteiger partial charge >= 0.3 is 0 Å². The number of benzene rings is 2. The molecule has 0 aliphatic carbocycles. The van der Waals surface area contributed by atoms with Gasteiger partial charge in [0.2, 0.25) is 0 Å². The number of nitrogens with zero attached hydrogens (tertiary/aromatic N) is 2. The Balaban J connectivity index is 1.64. The minimum Gasteiger partial charge on any atom is -0.486 e. The molecule has 3 aromatic rings. The quantitative estimate of drug-likeness (QED) is 0.504. The average Bonchev–Trinajstić information content (AvgIpc) is 3.14. The van der Waals surface area contributed by atoms with Gasteiger partial charge in [-0.2, -0.15) is 5.10 Å². The normalized spacial score (nSPS) is 14.0. The van der Waals surface area contributed by atoms with Crippen LogP contribution in [0.5, 0.6) is 11.5 Å².